The number of aromatic nitrogens is 1. The molecule has 74 valence electrons. The minimum Gasteiger partial charge on any atom is -0.486 e. The van der Waals surface area contributed by atoms with E-state index in [-0.39, 0.29) is 12.4 Å². The van der Waals surface area contributed by atoms with Gasteiger partial charge in [-0.05, 0) is 12.1 Å². The molecule has 1 aliphatic rings. The Morgan fingerprint density at radius 1 is 1.50 bits per heavy atom. The second kappa shape index (κ2) is 4.85. The summed E-state index contributed by atoms with van der Waals surface area (Å²) in [6, 6.07) is 3.63. The SMILES string of the molecule is C#Cc1ccc(OC2CNC2)cn1.Cl. The lowest BCUT2D eigenvalue weighted by Crippen LogP contribution is -2.50. The largest absolute Gasteiger partial charge is 0.486 e. The van der Waals surface area contributed by atoms with Gasteiger partial charge in [0.15, 0.2) is 0 Å². The van der Waals surface area contributed by atoms with Gasteiger partial charge >= 0.3 is 0 Å². The smallest absolute Gasteiger partial charge is 0.138 e. The second-order valence-electron chi connectivity index (χ2n) is 2.92. The first-order valence-electron chi connectivity index (χ1n) is 4.18. The lowest BCUT2D eigenvalue weighted by atomic mass is 10.2. The van der Waals surface area contributed by atoms with Crippen molar-refractivity contribution in [1.82, 2.24) is 10.3 Å². The van der Waals surface area contributed by atoms with Gasteiger partial charge in [0.1, 0.15) is 17.5 Å². The van der Waals surface area contributed by atoms with Gasteiger partial charge < -0.3 is 10.1 Å². The summed E-state index contributed by atoms with van der Waals surface area (Å²) in [6.07, 6.45) is 7.13. The lowest BCUT2D eigenvalue weighted by Gasteiger charge is -2.27. The topological polar surface area (TPSA) is 34.1 Å². The van der Waals surface area contributed by atoms with E-state index in [0.29, 0.717) is 11.8 Å². The van der Waals surface area contributed by atoms with Crippen molar-refractivity contribution in [1.29, 1.82) is 0 Å². The fourth-order valence-electron chi connectivity index (χ4n) is 1.07. The Hall–Kier alpha value is -1.24. The van der Waals surface area contributed by atoms with Crippen molar-refractivity contribution in [2.24, 2.45) is 0 Å². The standard InChI is InChI=1S/C10H10N2O.ClH/c1-2-8-3-4-9(7-12-8)13-10-5-11-6-10;/h1,3-4,7,10-11H,5-6H2;1H. The number of hydrogen-bond acceptors (Lipinski definition) is 3. The maximum atomic E-state index is 5.56. The highest BCUT2D eigenvalue weighted by Crippen LogP contribution is 2.12. The van der Waals surface area contributed by atoms with Crippen LogP contribution in [0, 0.1) is 12.3 Å². The molecule has 0 atom stereocenters. The molecule has 0 amide bonds. The Morgan fingerprint density at radius 3 is 2.71 bits per heavy atom. The van der Waals surface area contributed by atoms with Crippen molar-refractivity contribution in [3.05, 3.63) is 24.0 Å². The summed E-state index contributed by atoms with van der Waals surface area (Å²) in [5, 5.41) is 3.13. The average molecular weight is 211 g/mol. The Bertz CT molecular complexity index is 327. The van der Waals surface area contributed by atoms with Gasteiger partial charge in [0, 0.05) is 13.1 Å². The first kappa shape index (κ1) is 10.8. The Labute approximate surface area is 89.3 Å². The number of ether oxygens (including phenoxy) is 1. The second-order valence-corrected chi connectivity index (χ2v) is 2.92. The molecule has 3 nitrogen and oxygen atoms in total. The molecule has 1 saturated heterocycles. The van der Waals surface area contributed by atoms with Gasteiger partial charge in [-0.2, -0.15) is 0 Å². The molecule has 14 heavy (non-hydrogen) atoms. The van der Waals surface area contributed by atoms with Crippen molar-refractivity contribution in [2.75, 3.05) is 13.1 Å². The van der Waals surface area contributed by atoms with Crippen LogP contribution in [0.25, 0.3) is 0 Å². The van der Waals surface area contributed by atoms with Crippen molar-refractivity contribution in [3.8, 4) is 18.1 Å². The fraction of sp³-hybridized carbons (Fsp3) is 0.300. The van der Waals surface area contributed by atoms with E-state index in [9.17, 15) is 0 Å². The van der Waals surface area contributed by atoms with Gasteiger partial charge in [-0.3, -0.25) is 0 Å². The number of nitrogens with zero attached hydrogens (tertiary/aromatic N) is 1. The zero-order chi connectivity index (χ0) is 9.10. The van der Waals surface area contributed by atoms with Gasteiger partial charge in [-0.15, -0.1) is 18.8 Å². The van der Waals surface area contributed by atoms with Crippen LogP contribution in [0.15, 0.2) is 18.3 Å². The first-order valence-corrected chi connectivity index (χ1v) is 4.18. The van der Waals surface area contributed by atoms with E-state index < -0.39 is 0 Å². The van der Waals surface area contributed by atoms with E-state index >= 15 is 0 Å². The Morgan fingerprint density at radius 2 is 2.29 bits per heavy atom. The quantitative estimate of drug-likeness (QED) is 0.735. The highest BCUT2D eigenvalue weighted by atomic mass is 35.5. The van der Waals surface area contributed by atoms with Crippen LogP contribution in [0.2, 0.25) is 0 Å². The monoisotopic (exact) mass is 210 g/mol. The summed E-state index contributed by atoms with van der Waals surface area (Å²) in [4.78, 5) is 4.03. The molecular weight excluding hydrogens is 200 g/mol. The van der Waals surface area contributed by atoms with Crippen LogP contribution in [-0.2, 0) is 0 Å². The van der Waals surface area contributed by atoms with Crippen molar-refractivity contribution in [2.45, 2.75) is 6.10 Å². The fourth-order valence-corrected chi connectivity index (χ4v) is 1.07. The summed E-state index contributed by atoms with van der Waals surface area (Å²) in [7, 11) is 0. The third kappa shape index (κ3) is 2.38. The minimum absolute atomic E-state index is 0. The van der Waals surface area contributed by atoms with Gasteiger partial charge in [0.05, 0.1) is 6.20 Å². The third-order valence-corrected chi connectivity index (χ3v) is 1.93. The number of hydrogen-bond donors (Lipinski definition) is 1. The van der Waals surface area contributed by atoms with E-state index in [4.69, 9.17) is 11.2 Å². The molecule has 0 aliphatic carbocycles. The molecule has 1 aromatic heterocycles. The van der Waals surface area contributed by atoms with Crippen LogP contribution in [0.3, 0.4) is 0 Å². The molecule has 2 rings (SSSR count). The van der Waals surface area contributed by atoms with E-state index in [1.165, 1.54) is 0 Å². The maximum absolute atomic E-state index is 5.56. The molecule has 1 fully saturated rings. The number of rotatable bonds is 2. The molecule has 0 radical (unpaired) electrons. The van der Waals surface area contributed by atoms with Crippen LogP contribution < -0.4 is 10.1 Å². The normalized spacial score (nSPS) is 14.8. The Balaban J connectivity index is 0.000000980. The molecule has 0 unspecified atom stereocenters. The third-order valence-electron chi connectivity index (χ3n) is 1.93. The molecule has 0 aromatic carbocycles. The highest BCUT2D eigenvalue weighted by Gasteiger charge is 2.17. The number of terminal acetylenes is 1. The predicted molar refractivity (Wildman–Crippen MR) is 56.7 cm³/mol. The number of nitrogens with one attached hydrogen (secondary N) is 1. The minimum atomic E-state index is 0. The summed E-state index contributed by atoms with van der Waals surface area (Å²) in [5.74, 6) is 3.24. The van der Waals surface area contributed by atoms with E-state index in [1.54, 1.807) is 12.3 Å². The summed E-state index contributed by atoms with van der Waals surface area (Å²) >= 11 is 0. The molecule has 1 aliphatic heterocycles. The maximum Gasteiger partial charge on any atom is 0.138 e. The molecule has 4 heteroatoms. The van der Waals surface area contributed by atoms with Gasteiger partial charge in [-0.1, -0.05) is 5.92 Å². The zero-order valence-corrected chi connectivity index (χ0v) is 8.38. The lowest BCUT2D eigenvalue weighted by molar-refractivity contribution is 0.141. The molecule has 0 saturated carbocycles. The molecule has 0 bridgehead atoms. The van der Waals surface area contributed by atoms with Crippen LogP contribution in [0.4, 0.5) is 0 Å². The summed E-state index contributed by atoms with van der Waals surface area (Å²) in [5.41, 5.74) is 0.638. The zero-order valence-electron chi connectivity index (χ0n) is 7.56. The number of halogens is 1. The van der Waals surface area contributed by atoms with E-state index in [0.717, 1.165) is 18.8 Å². The van der Waals surface area contributed by atoms with Crippen LogP contribution in [0.1, 0.15) is 5.69 Å². The van der Waals surface area contributed by atoms with Crippen molar-refractivity contribution < 1.29 is 4.74 Å². The first-order chi connectivity index (χ1) is 6.38. The van der Waals surface area contributed by atoms with Gasteiger partial charge in [0.2, 0.25) is 0 Å². The highest BCUT2D eigenvalue weighted by molar-refractivity contribution is 5.85. The van der Waals surface area contributed by atoms with Crippen molar-refractivity contribution >= 4 is 12.4 Å². The molecular formula is C10H11ClN2O. The van der Waals surface area contributed by atoms with Gasteiger partial charge in [-0.25, -0.2) is 4.98 Å². The van der Waals surface area contributed by atoms with Crippen LogP contribution >= 0.6 is 12.4 Å². The predicted octanol–water partition coefficient (Wildman–Crippen LogP) is 0.835. The Kier molecular flexibility index (Phi) is 3.75. The number of pyridine rings is 1. The van der Waals surface area contributed by atoms with Gasteiger partial charge in [0.25, 0.3) is 0 Å². The molecule has 2 heterocycles. The van der Waals surface area contributed by atoms with Crippen LogP contribution in [0.5, 0.6) is 5.75 Å². The molecule has 0 spiro atoms. The molecule has 1 N–H and O–H groups in total. The summed E-state index contributed by atoms with van der Waals surface area (Å²) < 4.78 is 5.56. The van der Waals surface area contributed by atoms with Crippen LogP contribution in [-0.4, -0.2) is 24.2 Å². The summed E-state index contributed by atoms with van der Waals surface area (Å²) in [6.45, 7) is 1.83. The van der Waals surface area contributed by atoms with E-state index in [1.807, 2.05) is 6.07 Å². The molecule has 1 aromatic rings. The van der Waals surface area contributed by atoms with E-state index in [2.05, 4.69) is 16.2 Å². The average Bonchev–Trinajstić information content (AvgIpc) is 2.12. The van der Waals surface area contributed by atoms with Crippen molar-refractivity contribution in [3.63, 3.8) is 0 Å².